The second kappa shape index (κ2) is 5.15. The van der Waals surface area contributed by atoms with Gasteiger partial charge in [0.2, 0.25) is 0 Å². The molecule has 0 heterocycles. The third-order valence-corrected chi connectivity index (χ3v) is 2.66. The van der Waals surface area contributed by atoms with Gasteiger partial charge in [0.15, 0.2) is 0 Å². The zero-order valence-electron chi connectivity index (χ0n) is 8.81. The number of nitrogens with two attached hydrogens (primary N) is 1. The fourth-order valence-corrected chi connectivity index (χ4v) is 1.79. The smallest absolute Gasteiger partial charge is 0.0298 e. The summed E-state index contributed by atoms with van der Waals surface area (Å²) in [5.41, 5.74) is 7.32. The molecule has 0 aliphatic carbocycles. The van der Waals surface area contributed by atoms with E-state index in [0.29, 0.717) is 0 Å². The molecule has 0 spiro atoms. The quantitative estimate of drug-likeness (QED) is 0.823. The van der Waals surface area contributed by atoms with Gasteiger partial charge in [0, 0.05) is 6.04 Å². The van der Waals surface area contributed by atoms with E-state index in [2.05, 4.69) is 49.4 Å². The first kappa shape index (κ1) is 12.0. The molecule has 0 unspecified atom stereocenters. The van der Waals surface area contributed by atoms with E-state index in [-0.39, 0.29) is 18.4 Å². The van der Waals surface area contributed by atoms with Gasteiger partial charge in [-0.1, -0.05) is 49.4 Å². The van der Waals surface area contributed by atoms with Crippen molar-refractivity contribution < 1.29 is 0 Å². The fraction of sp³-hybridized carbons (Fsp3) is 0.231. The number of benzene rings is 2. The largest absolute Gasteiger partial charge is 0.324 e. The molecule has 15 heavy (non-hydrogen) atoms. The standard InChI is InChI=1S/C13H15N.ClH/c1-2-13(14)12-9-5-7-10-6-3-4-8-11(10)12;/h3-9,13H,2,14H2,1H3;1H/t13-;/m1./s1. The Labute approximate surface area is 96.7 Å². The average molecular weight is 222 g/mol. The van der Waals surface area contributed by atoms with E-state index >= 15 is 0 Å². The summed E-state index contributed by atoms with van der Waals surface area (Å²) < 4.78 is 0. The highest BCUT2D eigenvalue weighted by molar-refractivity contribution is 5.86. The summed E-state index contributed by atoms with van der Waals surface area (Å²) in [6.07, 6.45) is 0.980. The molecule has 1 nitrogen and oxygen atoms in total. The minimum atomic E-state index is 0. The van der Waals surface area contributed by atoms with Crippen LogP contribution in [0.1, 0.15) is 24.9 Å². The summed E-state index contributed by atoms with van der Waals surface area (Å²) in [5, 5.41) is 2.55. The maximum Gasteiger partial charge on any atom is 0.0298 e. The second-order valence-electron chi connectivity index (χ2n) is 3.58. The first-order valence-corrected chi connectivity index (χ1v) is 5.06. The Morgan fingerprint density at radius 2 is 1.73 bits per heavy atom. The molecular formula is C13H16ClN. The van der Waals surface area contributed by atoms with Crippen molar-refractivity contribution in [3.8, 4) is 0 Å². The third-order valence-electron chi connectivity index (χ3n) is 2.66. The maximum atomic E-state index is 6.06. The lowest BCUT2D eigenvalue weighted by molar-refractivity contribution is 0.704. The molecule has 2 heteroatoms. The number of fused-ring (bicyclic) bond motifs is 1. The SMILES string of the molecule is CC[C@@H](N)c1cccc2ccccc12.Cl. The monoisotopic (exact) mass is 221 g/mol. The van der Waals surface area contributed by atoms with Crippen LogP contribution in [0.4, 0.5) is 0 Å². The molecule has 80 valence electrons. The van der Waals surface area contributed by atoms with Crippen LogP contribution in [-0.4, -0.2) is 0 Å². The molecule has 0 radical (unpaired) electrons. The highest BCUT2D eigenvalue weighted by Crippen LogP contribution is 2.24. The molecule has 0 aliphatic rings. The Balaban J connectivity index is 0.00000112. The zero-order chi connectivity index (χ0) is 9.97. The lowest BCUT2D eigenvalue weighted by atomic mass is 9.98. The molecule has 2 rings (SSSR count). The van der Waals surface area contributed by atoms with Gasteiger partial charge in [0.25, 0.3) is 0 Å². The van der Waals surface area contributed by atoms with Crippen LogP contribution in [0.3, 0.4) is 0 Å². The highest BCUT2D eigenvalue weighted by Gasteiger charge is 2.06. The van der Waals surface area contributed by atoms with Crippen LogP contribution in [0.25, 0.3) is 10.8 Å². The van der Waals surface area contributed by atoms with Gasteiger partial charge in [-0.25, -0.2) is 0 Å². The van der Waals surface area contributed by atoms with Gasteiger partial charge in [-0.2, -0.15) is 0 Å². The molecule has 0 amide bonds. The van der Waals surface area contributed by atoms with Gasteiger partial charge in [-0.05, 0) is 22.8 Å². The van der Waals surface area contributed by atoms with Crippen molar-refractivity contribution in [2.24, 2.45) is 5.73 Å². The van der Waals surface area contributed by atoms with Crippen LogP contribution in [0.2, 0.25) is 0 Å². The third kappa shape index (κ3) is 2.31. The summed E-state index contributed by atoms with van der Waals surface area (Å²) in [7, 11) is 0. The Bertz CT molecular complexity index is 434. The van der Waals surface area contributed by atoms with Crippen molar-refractivity contribution in [1.29, 1.82) is 0 Å². The zero-order valence-corrected chi connectivity index (χ0v) is 9.63. The van der Waals surface area contributed by atoms with Gasteiger partial charge < -0.3 is 5.73 Å². The molecule has 0 aliphatic heterocycles. The van der Waals surface area contributed by atoms with Crippen molar-refractivity contribution in [1.82, 2.24) is 0 Å². The normalized spacial score (nSPS) is 12.1. The van der Waals surface area contributed by atoms with Gasteiger partial charge in [-0.15, -0.1) is 12.4 Å². The van der Waals surface area contributed by atoms with Crippen molar-refractivity contribution in [3.63, 3.8) is 0 Å². The van der Waals surface area contributed by atoms with E-state index in [1.165, 1.54) is 16.3 Å². The van der Waals surface area contributed by atoms with Crippen molar-refractivity contribution in [2.45, 2.75) is 19.4 Å². The van der Waals surface area contributed by atoms with Crippen molar-refractivity contribution in [2.75, 3.05) is 0 Å². The molecule has 0 fully saturated rings. The predicted octanol–water partition coefficient (Wildman–Crippen LogP) is 3.67. The first-order chi connectivity index (χ1) is 6.83. The second-order valence-corrected chi connectivity index (χ2v) is 3.58. The van der Waals surface area contributed by atoms with E-state index < -0.39 is 0 Å². The Morgan fingerprint density at radius 3 is 2.47 bits per heavy atom. The minimum absolute atomic E-state index is 0. The summed E-state index contributed by atoms with van der Waals surface area (Å²) >= 11 is 0. The van der Waals surface area contributed by atoms with Crippen LogP contribution in [0.15, 0.2) is 42.5 Å². The van der Waals surface area contributed by atoms with Crippen LogP contribution >= 0.6 is 12.4 Å². The highest BCUT2D eigenvalue weighted by atomic mass is 35.5. The van der Waals surface area contributed by atoms with Crippen LogP contribution in [-0.2, 0) is 0 Å². The summed E-state index contributed by atoms with van der Waals surface area (Å²) in [5.74, 6) is 0. The van der Waals surface area contributed by atoms with E-state index in [1.54, 1.807) is 0 Å². The Morgan fingerprint density at radius 1 is 1.07 bits per heavy atom. The minimum Gasteiger partial charge on any atom is -0.324 e. The molecule has 2 N–H and O–H groups in total. The Kier molecular flexibility index (Phi) is 4.13. The number of hydrogen-bond acceptors (Lipinski definition) is 1. The van der Waals surface area contributed by atoms with Gasteiger partial charge >= 0.3 is 0 Å². The number of rotatable bonds is 2. The molecule has 0 bridgehead atoms. The van der Waals surface area contributed by atoms with E-state index in [0.717, 1.165) is 6.42 Å². The number of hydrogen-bond donors (Lipinski definition) is 1. The van der Waals surface area contributed by atoms with Gasteiger partial charge in [0.05, 0.1) is 0 Å². The molecule has 0 saturated carbocycles. The van der Waals surface area contributed by atoms with E-state index in [9.17, 15) is 0 Å². The Hall–Kier alpha value is -1.05. The van der Waals surface area contributed by atoms with Gasteiger partial charge in [-0.3, -0.25) is 0 Å². The van der Waals surface area contributed by atoms with Crippen LogP contribution in [0, 0.1) is 0 Å². The molecule has 2 aromatic carbocycles. The average Bonchev–Trinajstić information content (AvgIpc) is 2.27. The molecular weight excluding hydrogens is 206 g/mol. The van der Waals surface area contributed by atoms with E-state index in [1.807, 2.05) is 0 Å². The van der Waals surface area contributed by atoms with Gasteiger partial charge in [0.1, 0.15) is 0 Å². The van der Waals surface area contributed by atoms with Crippen molar-refractivity contribution >= 4 is 23.2 Å². The van der Waals surface area contributed by atoms with Crippen LogP contribution in [0.5, 0.6) is 0 Å². The van der Waals surface area contributed by atoms with Crippen LogP contribution < -0.4 is 5.73 Å². The van der Waals surface area contributed by atoms with Crippen molar-refractivity contribution in [3.05, 3.63) is 48.0 Å². The summed E-state index contributed by atoms with van der Waals surface area (Å²) in [4.78, 5) is 0. The predicted molar refractivity (Wildman–Crippen MR) is 68.4 cm³/mol. The number of halogens is 1. The lowest BCUT2D eigenvalue weighted by Gasteiger charge is -2.12. The first-order valence-electron chi connectivity index (χ1n) is 5.06. The lowest BCUT2D eigenvalue weighted by Crippen LogP contribution is -2.08. The molecule has 1 atom stereocenters. The summed E-state index contributed by atoms with van der Waals surface area (Å²) in [6.45, 7) is 2.12. The topological polar surface area (TPSA) is 26.0 Å². The molecule has 0 saturated heterocycles. The summed E-state index contributed by atoms with van der Waals surface area (Å²) in [6, 6.07) is 14.9. The maximum absolute atomic E-state index is 6.06. The molecule has 2 aromatic rings. The van der Waals surface area contributed by atoms with E-state index in [4.69, 9.17) is 5.73 Å². The molecule has 0 aromatic heterocycles. The fourth-order valence-electron chi connectivity index (χ4n) is 1.79.